The fourth-order valence-electron chi connectivity index (χ4n) is 1.96. The van der Waals surface area contributed by atoms with Gasteiger partial charge in [-0.2, -0.15) is 5.26 Å². The molecule has 2 heterocycles. The number of rotatable bonds is 1. The normalized spacial score (nSPS) is 17.1. The van der Waals surface area contributed by atoms with E-state index in [4.69, 9.17) is 11.0 Å². The molecule has 2 N–H and O–H groups in total. The molecule has 0 aromatic carbocycles. The van der Waals surface area contributed by atoms with Gasteiger partial charge in [0, 0.05) is 13.1 Å². The summed E-state index contributed by atoms with van der Waals surface area (Å²) in [5, 5.41) is 8.87. The van der Waals surface area contributed by atoms with Gasteiger partial charge in [0.1, 0.15) is 11.9 Å². The molecule has 1 aromatic rings. The number of aromatic nitrogens is 1. The van der Waals surface area contributed by atoms with Gasteiger partial charge in [0.25, 0.3) is 0 Å². The average Bonchev–Trinajstić information content (AvgIpc) is 2.31. The Balaban J connectivity index is 2.18. The number of nitrogen functional groups attached to an aromatic ring is 1. The van der Waals surface area contributed by atoms with Crippen molar-refractivity contribution in [1.82, 2.24) is 4.98 Å². The molecule has 1 fully saturated rings. The highest BCUT2D eigenvalue weighted by molar-refractivity contribution is 5.55. The van der Waals surface area contributed by atoms with Gasteiger partial charge in [-0.05, 0) is 30.9 Å². The van der Waals surface area contributed by atoms with E-state index in [1.165, 1.54) is 12.8 Å². The van der Waals surface area contributed by atoms with E-state index < -0.39 is 0 Å². The second-order valence-electron chi connectivity index (χ2n) is 4.39. The maximum Gasteiger partial charge on any atom is 0.165 e. The van der Waals surface area contributed by atoms with E-state index in [0.717, 1.165) is 24.8 Å². The minimum Gasteiger partial charge on any atom is -0.396 e. The van der Waals surface area contributed by atoms with Crippen molar-refractivity contribution < 1.29 is 0 Å². The minimum atomic E-state index is 0.330. The zero-order valence-corrected chi connectivity index (χ0v) is 9.48. The van der Waals surface area contributed by atoms with Crippen LogP contribution in [0.2, 0.25) is 0 Å². The molecule has 16 heavy (non-hydrogen) atoms. The summed E-state index contributed by atoms with van der Waals surface area (Å²) in [4.78, 5) is 6.50. The molecule has 4 heteroatoms. The van der Waals surface area contributed by atoms with Crippen molar-refractivity contribution in [3.05, 3.63) is 17.8 Å². The molecule has 1 aliphatic heterocycles. The topological polar surface area (TPSA) is 65.9 Å². The van der Waals surface area contributed by atoms with Crippen LogP contribution >= 0.6 is 0 Å². The van der Waals surface area contributed by atoms with Gasteiger partial charge >= 0.3 is 0 Å². The fraction of sp³-hybridized carbons (Fsp3) is 0.500. The lowest BCUT2D eigenvalue weighted by molar-refractivity contribution is 0.436. The summed E-state index contributed by atoms with van der Waals surface area (Å²) in [5.41, 5.74) is 6.43. The van der Waals surface area contributed by atoms with Gasteiger partial charge in [-0.1, -0.05) is 6.92 Å². The van der Waals surface area contributed by atoms with Crippen LogP contribution in [0.4, 0.5) is 11.5 Å². The Bertz CT molecular complexity index is 414. The van der Waals surface area contributed by atoms with E-state index >= 15 is 0 Å². The molecule has 1 aromatic heterocycles. The van der Waals surface area contributed by atoms with Crippen LogP contribution in [0.15, 0.2) is 12.1 Å². The van der Waals surface area contributed by atoms with Crippen molar-refractivity contribution in [2.45, 2.75) is 19.8 Å². The largest absolute Gasteiger partial charge is 0.396 e. The van der Waals surface area contributed by atoms with Gasteiger partial charge in [-0.25, -0.2) is 4.98 Å². The number of anilines is 2. The first kappa shape index (κ1) is 10.7. The van der Waals surface area contributed by atoms with Gasteiger partial charge in [0.15, 0.2) is 5.69 Å². The Labute approximate surface area is 95.7 Å². The molecule has 0 aliphatic carbocycles. The lowest BCUT2D eigenvalue weighted by Gasteiger charge is -2.31. The molecule has 0 radical (unpaired) electrons. The molecule has 0 spiro atoms. The van der Waals surface area contributed by atoms with E-state index in [-0.39, 0.29) is 0 Å². The molecule has 1 saturated heterocycles. The second-order valence-corrected chi connectivity index (χ2v) is 4.39. The highest BCUT2D eigenvalue weighted by Gasteiger charge is 2.17. The first-order chi connectivity index (χ1) is 7.70. The number of hydrogen-bond acceptors (Lipinski definition) is 4. The number of piperidine rings is 1. The Morgan fingerprint density at radius 1 is 1.44 bits per heavy atom. The summed E-state index contributed by atoms with van der Waals surface area (Å²) in [5.74, 6) is 1.66. The van der Waals surface area contributed by atoms with Crippen LogP contribution in [-0.2, 0) is 0 Å². The number of pyridine rings is 1. The summed E-state index contributed by atoms with van der Waals surface area (Å²) in [7, 11) is 0. The predicted molar refractivity (Wildman–Crippen MR) is 64.0 cm³/mol. The van der Waals surface area contributed by atoms with E-state index in [1.807, 2.05) is 12.1 Å². The van der Waals surface area contributed by atoms with E-state index in [0.29, 0.717) is 11.4 Å². The quantitative estimate of drug-likeness (QED) is 0.777. The summed E-state index contributed by atoms with van der Waals surface area (Å²) < 4.78 is 0. The predicted octanol–water partition coefficient (Wildman–Crippen LogP) is 1.77. The van der Waals surface area contributed by atoms with Crippen molar-refractivity contribution in [2.24, 2.45) is 5.92 Å². The molecule has 2 rings (SSSR count). The minimum absolute atomic E-state index is 0.330. The van der Waals surface area contributed by atoms with E-state index in [9.17, 15) is 0 Å². The van der Waals surface area contributed by atoms with E-state index in [2.05, 4.69) is 16.8 Å². The summed E-state index contributed by atoms with van der Waals surface area (Å²) in [6.07, 6.45) is 2.38. The van der Waals surface area contributed by atoms with Crippen LogP contribution < -0.4 is 10.6 Å². The van der Waals surface area contributed by atoms with Crippen LogP contribution in [0.5, 0.6) is 0 Å². The number of hydrogen-bond donors (Lipinski definition) is 1. The summed E-state index contributed by atoms with van der Waals surface area (Å²) in [6, 6.07) is 5.68. The maximum atomic E-state index is 8.87. The van der Waals surface area contributed by atoms with Crippen LogP contribution in [0.25, 0.3) is 0 Å². The molecule has 4 nitrogen and oxygen atoms in total. The molecule has 84 valence electrons. The lowest BCUT2D eigenvalue weighted by atomic mass is 9.99. The smallest absolute Gasteiger partial charge is 0.165 e. The molecule has 1 aliphatic rings. The first-order valence-electron chi connectivity index (χ1n) is 5.62. The van der Waals surface area contributed by atoms with Crippen molar-refractivity contribution >= 4 is 11.5 Å². The fourth-order valence-corrected chi connectivity index (χ4v) is 1.96. The number of nitriles is 1. The molecular weight excluding hydrogens is 200 g/mol. The van der Waals surface area contributed by atoms with Gasteiger partial charge in [-0.3, -0.25) is 0 Å². The number of nitrogens with two attached hydrogens (primary N) is 1. The maximum absolute atomic E-state index is 8.87. The zero-order chi connectivity index (χ0) is 11.5. The van der Waals surface area contributed by atoms with Crippen LogP contribution in [-0.4, -0.2) is 18.1 Å². The third kappa shape index (κ3) is 2.08. The molecule has 0 saturated carbocycles. The Hall–Kier alpha value is -1.76. The third-order valence-electron chi connectivity index (χ3n) is 3.13. The average molecular weight is 216 g/mol. The number of nitrogens with zero attached hydrogens (tertiary/aromatic N) is 3. The monoisotopic (exact) mass is 216 g/mol. The van der Waals surface area contributed by atoms with Crippen molar-refractivity contribution in [1.29, 1.82) is 5.26 Å². The van der Waals surface area contributed by atoms with Crippen molar-refractivity contribution in [3.63, 3.8) is 0 Å². The van der Waals surface area contributed by atoms with Crippen LogP contribution in [0.3, 0.4) is 0 Å². The van der Waals surface area contributed by atoms with Crippen molar-refractivity contribution in [3.8, 4) is 6.07 Å². The van der Waals surface area contributed by atoms with Crippen molar-refractivity contribution in [2.75, 3.05) is 23.7 Å². The standard InChI is InChI=1S/C12H16N4/c1-9-4-6-16(7-5-9)12-3-2-10(14)11(8-13)15-12/h2-3,9H,4-7,14H2,1H3. The van der Waals surface area contributed by atoms with Crippen LogP contribution in [0, 0.1) is 17.2 Å². The first-order valence-corrected chi connectivity index (χ1v) is 5.62. The van der Waals surface area contributed by atoms with Gasteiger partial charge < -0.3 is 10.6 Å². The highest BCUT2D eigenvalue weighted by Crippen LogP contribution is 2.22. The SMILES string of the molecule is CC1CCN(c2ccc(N)c(C#N)n2)CC1. The third-order valence-corrected chi connectivity index (χ3v) is 3.13. The van der Waals surface area contributed by atoms with E-state index in [1.54, 1.807) is 6.07 Å². The van der Waals surface area contributed by atoms with Crippen LogP contribution in [0.1, 0.15) is 25.5 Å². The highest BCUT2D eigenvalue weighted by atomic mass is 15.2. The molecule has 0 amide bonds. The lowest BCUT2D eigenvalue weighted by Crippen LogP contribution is -2.33. The molecule has 0 bridgehead atoms. The molecule has 0 atom stereocenters. The van der Waals surface area contributed by atoms with Gasteiger partial charge in [-0.15, -0.1) is 0 Å². The Kier molecular flexibility index (Phi) is 2.95. The zero-order valence-electron chi connectivity index (χ0n) is 9.48. The second kappa shape index (κ2) is 4.40. The summed E-state index contributed by atoms with van der Waals surface area (Å²) in [6.45, 7) is 4.31. The van der Waals surface area contributed by atoms with Gasteiger partial charge in [0.05, 0.1) is 5.69 Å². The molecule has 0 unspecified atom stereocenters. The Morgan fingerprint density at radius 3 is 2.75 bits per heavy atom. The van der Waals surface area contributed by atoms with Gasteiger partial charge in [0.2, 0.25) is 0 Å². The Morgan fingerprint density at radius 2 is 2.12 bits per heavy atom. The summed E-state index contributed by atoms with van der Waals surface area (Å²) >= 11 is 0. The molecular formula is C12H16N4.